The van der Waals surface area contributed by atoms with Crippen molar-refractivity contribution < 1.29 is 9.84 Å². The molecule has 0 spiro atoms. The van der Waals surface area contributed by atoms with Crippen LogP contribution in [0.1, 0.15) is 12.5 Å². The molecule has 0 aliphatic carbocycles. The first-order valence-corrected chi connectivity index (χ1v) is 4.70. The Labute approximate surface area is 84.7 Å². The van der Waals surface area contributed by atoms with E-state index in [1.165, 1.54) is 0 Å². The second kappa shape index (κ2) is 4.86. The highest BCUT2D eigenvalue weighted by molar-refractivity contribution is 5.54. The minimum atomic E-state index is -0.347. The van der Waals surface area contributed by atoms with Crippen molar-refractivity contribution in [2.45, 2.75) is 20.0 Å². The van der Waals surface area contributed by atoms with Crippen LogP contribution in [0.4, 0.5) is 5.69 Å². The smallest absolute Gasteiger partial charge is 0.120 e. The maximum absolute atomic E-state index is 9.14. The normalized spacial score (nSPS) is 12.3. The van der Waals surface area contributed by atoms with Gasteiger partial charge in [-0.3, -0.25) is 0 Å². The van der Waals surface area contributed by atoms with Gasteiger partial charge in [0.2, 0.25) is 0 Å². The predicted octanol–water partition coefficient (Wildman–Crippen LogP) is 1.80. The first-order chi connectivity index (χ1) is 6.63. The van der Waals surface area contributed by atoms with E-state index in [2.05, 4.69) is 5.32 Å². The van der Waals surface area contributed by atoms with Crippen molar-refractivity contribution in [3.05, 3.63) is 23.8 Å². The molecule has 0 saturated carbocycles. The van der Waals surface area contributed by atoms with Gasteiger partial charge >= 0.3 is 0 Å². The van der Waals surface area contributed by atoms with Gasteiger partial charge in [0.1, 0.15) is 5.75 Å². The van der Waals surface area contributed by atoms with E-state index in [1.54, 1.807) is 14.0 Å². The molecule has 0 heterocycles. The Balaban J connectivity index is 2.73. The van der Waals surface area contributed by atoms with Crippen LogP contribution in [-0.4, -0.2) is 24.9 Å². The number of methoxy groups -OCH3 is 1. The van der Waals surface area contributed by atoms with Crippen molar-refractivity contribution in [1.82, 2.24) is 0 Å². The second-order valence-electron chi connectivity index (χ2n) is 3.41. The Morgan fingerprint density at radius 3 is 2.79 bits per heavy atom. The molecule has 78 valence electrons. The van der Waals surface area contributed by atoms with Gasteiger partial charge < -0.3 is 15.2 Å². The first-order valence-electron chi connectivity index (χ1n) is 4.70. The number of nitrogens with one attached hydrogen (secondary N) is 1. The van der Waals surface area contributed by atoms with Crippen LogP contribution in [0.3, 0.4) is 0 Å². The van der Waals surface area contributed by atoms with E-state index < -0.39 is 0 Å². The molecule has 3 heteroatoms. The number of rotatable bonds is 4. The number of hydrogen-bond donors (Lipinski definition) is 2. The Morgan fingerprint density at radius 1 is 1.50 bits per heavy atom. The van der Waals surface area contributed by atoms with Crippen LogP contribution in [-0.2, 0) is 0 Å². The monoisotopic (exact) mass is 195 g/mol. The maximum atomic E-state index is 9.14. The molecule has 0 aliphatic heterocycles. The Morgan fingerprint density at radius 2 is 2.21 bits per heavy atom. The Kier molecular flexibility index (Phi) is 3.77. The molecule has 14 heavy (non-hydrogen) atoms. The van der Waals surface area contributed by atoms with E-state index in [-0.39, 0.29) is 6.10 Å². The van der Waals surface area contributed by atoms with Crippen molar-refractivity contribution in [3.63, 3.8) is 0 Å². The highest BCUT2D eigenvalue weighted by atomic mass is 16.5. The minimum absolute atomic E-state index is 0.347. The number of ether oxygens (including phenoxy) is 1. The van der Waals surface area contributed by atoms with Crippen molar-refractivity contribution in [3.8, 4) is 5.75 Å². The van der Waals surface area contributed by atoms with Gasteiger partial charge in [0.25, 0.3) is 0 Å². The van der Waals surface area contributed by atoms with E-state index in [0.29, 0.717) is 6.54 Å². The van der Waals surface area contributed by atoms with E-state index in [0.717, 1.165) is 17.0 Å². The molecule has 0 aromatic heterocycles. The molecule has 1 atom stereocenters. The quantitative estimate of drug-likeness (QED) is 0.769. The van der Waals surface area contributed by atoms with Gasteiger partial charge in [0, 0.05) is 18.3 Å². The van der Waals surface area contributed by atoms with Crippen LogP contribution in [0, 0.1) is 6.92 Å². The van der Waals surface area contributed by atoms with Crippen LogP contribution in [0.25, 0.3) is 0 Å². The maximum Gasteiger partial charge on any atom is 0.120 e. The largest absolute Gasteiger partial charge is 0.497 e. The molecule has 2 N–H and O–H groups in total. The zero-order valence-corrected chi connectivity index (χ0v) is 8.87. The van der Waals surface area contributed by atoms with Gasteiger partial charge in [0.05, 0.1) is 13.2 Å². The fraction of sp³-hybridized carbons (Fsp3) is 0.455. The molecule has 0 bridgehead atoms. The fourth-order valence-electron chi connectivity index (χ4n) is 1.18. The number of anilines is 1. The topological polar surface area (TPSA) is 41.5 Å². The number of benzene rings is 1. The molecular weight excluding hydrogens is 178 g/mol. The molecule has 1 aromatic rings. The average Bonchev–Trinajstić information content (AvgIpc) is 2.16. The third-order valence-corrected chi connectivity index (χ3v) is 2.03. The predicted molar refractivity (Wildman–Crippen MR) is 57.9 cm³/mol. The number of aliphatic hydroxyl groups excluding tert-OH is 1. The summed E-state index contributed by atoms with van der Waals surface area (Å²) in [6.45, 7) is 4.32. The second-order valence-corrected chi connectivity index (χ2v) is 3.41. The summed E-state index contributed by atoms with van der Waals surface area (Å²) in [7, 11) is 1.64. The molecular formula is C11H17NO2. The summed E-state index contributed by atoms with van der Waals surface area (Å²) in [5.41, 5.74) is 2.15. The van der Waals surface area contributed by atoms with Crippen molar-refractivity contribution in [2.75, 3.05) is 19.0 Å². The molecule has 1 aromatic carbocycles. The molecule has 0 amide bonds. The van der Waals surface area contributed by atoms with Crippen molar-refractivity contribution >= 4 is 5.69 Å². The molecule has 0 aliphatic rings. The lowest BCUT2D eigenvalue weighted by Crippen LogP contribution is -2.15. The summed E-state index contributed by atoms with van der Waals surface area (Å²) >= 11 is 0. The third-order valence-electron chi connectivity index (χ3n) is 2.03. The van der Waals surface area contributed by atoms with Crippen LogP contribution in [0.5, 0.6) is 5.75 Å². The zero-order chi connectivity index (χ0) is 10.6. The molecule has 0 saturated heterocycles. The highest BCUT2D eigenvalue weighted by Crippen LogP contribution is 2.21. The van der Waals surface area contributed by atoms with Gasteiger partial charge in [0.15, 0.2) is 0 Å². The lowest BCUT2D eigenvalue weighted by molar-refractivity contribution is 0.208. The molecule has 0 fully saturated rings. The average molecular weight is 195 g/mol. The van der Waals surface area contributed by atoms with Crippen LogP contribution in [0.15, 0.2) is 18.2 Å². The molecule has 1 unspecified atom stereocenters. The third kappa shape index (κ3) is 2.92. The summed E-state index contributed by atoms with van der Waals surface area (Å²) in [6, 6.07) is 5.84. The van der Waals surface area contributed by atoms with Crippen LogP contribution >= 0.6 is 0 Å². The van der Waals surface area contributed by atoms with E-state index in [9.17, 15) is 0 Å². The fourth-order valence-corrected chi connectivity index (χ4v) is 1.18. The van der Waals surface area contributed by atoms with Crippen LogP contribution < -0.4 is 10.1 Å². The van der Waals surface area contributed by atoms with E-state index >= 15 is 0 Å². The zero-order valence-electron chi connectivity index (χ0n) is 8.87. The van der Waals surface area contributed by atoms with Gasteiger partial charge in [-0.15, -0.1) is 0 Å². The summed E-state index contributed by atoms with van der Waals surface area (Å²) in [4.78, 5) is 0. The number of hydrogen-bond acceptors (Lipinski definition) is 3. The number of aliphatic hydroxyl groups is 1. The first kappa shape index (κ1) is 10.9. The van der Waals surface area contributed by atoms with Crippen molar-refractivity contribution in [1.29, 1.82) is 0 Å². The Bertz CT molecular complexity index is 297. The van der Waals surface area contributed by atoms with Crippen LogP contribution in [0.2, 0.25) is 0 Å². The Hall–Kier alpha value is -1.22. The van der Waals surface area contributed by atoms with Crippen molar-refractivity contribution in [2.24, 2.45) is 0 Å². The van der Waals surface area contributed by atoms with Gasteiger partial charge in [-0.2, -0.15) is 0 Å². The standard InChI is InChI=1S/C11H17NO2/c1-8-4-5-10(14-3)6-11(8)12-7-9(2)13/h4-6,9,12-13H,7H2,1-3H3. The van der Waals surface area contributed by atoms with Gasteiger partial charge in [-0.25, -0.2) is 0 Å². The number of aryl methyl sites for hydroxylation is 1. The highest BCUT2D eigenvalue weighted by Gasteiger charge is 2.01. The molecule has 3 nitrogen and oxygen atoms in total. The van der Waals surface area contributed by atoms with E-state index in [1.807, 2.05) is 25.1 Å². The molecule has 0 radical (unpaired) electrons. The van der Waals surface area contributed by atoms with E-state index in [4.69, 9.17) is 9.84 Å². The summed E-state index contributed by atoms with van der Waals surface area (Å²) < 4.78 is 5.11. The summed E-state index contributed by atoms with van der Waals surface area (Å²) in [6.07, 6.45) is -0.347. The summed E-state index contributed by atoms with van der Waals surface area (Å²) in [5.74, 6) is 0.823. The molecule has 1 rings (SSSR count). The van der Waals surface area contributed by atoms with Gasteiger partial charge in [-0.05, 0) is 25.5 Å². The lowest BCUT2D eigenvalue weighted by Gasteiger charge is -2.12. The van der Waals surface area contributed by atoms with Gasteiger partial charge in [-0.1, -0.05) is 6.07 Å². The lowest BCUT2D eigenvalue weighted by atomic mass is 10.2. The summed E-state index contributed by atoms with van der Waals surface area (Å²) in [5, 5.41) is 12.3. The SMILES string of the molecule is COc1ccc(C)c(NCC(C)O)c1. The minimum Gasteiger partial charge on any atom is -0.497 e.